The van der Waals surface area contributed by atoms with Crippen molar-refractivity contribution >= 4 is 5.97 Å². The number of methoxy groups -OCH3 is 1. The van der Waals surface area contributed by atoms with Gasteiger partial charge in [-0.15, -0.1) is 0 Å². The number of aromatic nitrogens is 1. The highest BCUT2D eigenvalue weighted by molar-refractivity contribution is 5.90. The van der Waals surface area contributed by atoms with Gasteiger partial charge in [-0.05, 0) is 59.6 Å². The fourth-order valence-electron chi connectivity index (χ4n) is 4.25. The molecule has 0 amide bonds. The fraction of sp³-hybridized carbons (Fsp3) is 0.308. The molecule has 0 aliphatic carbocycles. The second-order valence-corrected chi connectivity index (χ2v) is 7.83. The van der Waals surface area contributed by atoms with Gasteiger partial charge in [-0.1, -0.05) is 49.4 Å². The highest BCUT2D eigenvalue weighted by Gasteiger charge is 2.23. The summed E-state index contributed by atoms with van der Waals surface area (Å²) < 4.78 is 10.9. The van der Waals surface area contributed by atoms with Crippen LogP contribution < -0.4 is 4.74 Å². The normalized spacial score (nSPS) is 16.3. The molecule has 30 heavy (non-hydrogen) atoms. The molecule has 2 heterocycles. The van der Waals surface area contributed by atoms with Gasteiger partial charge in [0.15, 0.2) is 0 Å². The number of aryl methyl sites for hydroxylation is 1. The molecule has 1 aliphatic heterocycles. The Bertz CT molecular complexity index is 1020. The van der Waals surface area contributed by atoms with Gasteiger partial charge in [0.25, 0.3) is 0 Å². The predicted molar refractivity (Wildman–Crippen MR) is 117 cm³/mol. The number of pyridine rings is 1. The minimum absolute atomic E-state index is 0.306. The average Bonchev–Trinajstić information content (AvgIpc) is 2.82. The first-order chi connectivity index (χ1) is 14.7. The molecule has 0 spiro atoms. The molecule has 0 saturated carbocycles. The fourth-order valence-corrected chi connectivity index (χ4v) is 4.25. The van der Waals surface area contributed by atoms with Crippen LogP contribution in [0.3, 0.4) is 0 Å². The van der Waals surface area contributed by atoms with E-state index in [1.807, 2.05) is 6.07 Å². The molecule has 4 heteroatoms. The van der Waals surface area contributed by atoms with Crippen LogP contribution in [-0.4, -0.2) is 24.7 Å². The van der Waals surface area contributed by atoms with Gasteiger partial charge in [0.05, 0.1) is 19.3 Å². The number of ether oxygens (including phenoxy) is 2. The summed E-state index contributed by atoms with van der Waals surface area (Å²) >= 11 is 0. The average molecular weight is 402 g/mol. The van der Waals surface area contributed by atoms with Crippen LogP contribution in [0.2, 0.25) is 0 Å². The minimum Gasteiger partial charge on any atom is -0.493 e. The summed E-state index contributed by atoms with van der Waals surface area (Å²) in [5, 5.41) is 0. The molecule has 2 aromatic carbocycles. The lowest BCUT2D eigenvalue weighted by Gasteiger charge is -2.27. The number of hydrogen-bond acceptors (Lipinski definition) is 4. The van der Waals surface area contributed by atoms with Crippen molar-refractivity contribution in [2.75, 3.05) is 13.7 Å². The van der Waals surface area contributed by atoms with Gasteiger partial charge >= 0.3 is 5.97 Å². The third-order valence-corrected chi connectivity index (χ3v) is 6.07. The number of fused-ring (bicyclic) bond motifs is 1. The molecule has 0 unspecified atom stereocenters. The third-order valence-electron chi connectivity index (χ3n) is 6.07. The highest BCUT2D eigenvalue weighted by atomic mass is 16.5. The smallest absolute Gasteiger partial charge is 0.338 e. The van der Waals surface area contributed by atoms with Crippen LogP contribution in [0, 0.1) is 0 Å². The van der Waals surface area contributed by atoms with Gasteiger partial charge in [0.1, 0.15) is 5.75 Å². The SMILES string of the molecule is COC(=O)c1ccncc1CC[C@@H]1CCOc2cc([C@H](C)c3ccccc3)ccc21. The number of rotatable bonds is 6. The molecule has 3 aromatic rings. The van der Waals surface area contributed by atoms with E-state index in [-0.39, 0.29) is 5.97 Å². The van der Waals surface area contributed by atoms with Crippen molar-refractivity contribution < 1.29 is 14.3 Å². The second-order valence-electron chi connectivity index (χ2n) is 7.83. The maximum atomic E-state index is 12.0. The summed E-state index contributed by atoms with van der Waals surface area (Å²) in [6.07, 6.45) is 6.12. The van der Waals surface area contributed by atoms with E-state index in [2.05, 4.69) is 54.4 Å². The molecule has 0 fully saturated rings. The zero-order valence-corrected chi connectivity index (χ0v) is 17.5. The van der Waals surface area contributed by atoms with Gasteiger partial charge in [0.2, 0.25) is 0 Å². The zero-order chi connectivity index (χ0) is 20.9. The lowest BCUT2D eigenvalue weighted by atomic mass is 9.85. The Morgan fingerprint density at radius 1 is 1.17 bits per heavy atom. The molecule has 0 saturated heterocycles. The lowest BCUT2D eigenvalue weighted by Crippen LogP contribution is -2.16. The van der Waals surface area contributed by atoms with Gasteiger partial charge in [0, 0.05) is 18.3 Å². The summed E-state index contributed by atoms with van der Waals surface area (Å²) in [5.74, 6) is 1.41. The van der Waals surface area contributed by atoms with Gasteiger partial charge in [-0.25, -0.2) is 4.79 Å². The van der Waals surface area contributed by atoms with Crippen LogP contribution >= 0.6 is 0 Å². The molecule has 4 nitrogen and oxygen atoms in total. The molecule has 0 bridgehead atoms. The number of esters is 1. The maximum absolute atomic E-state index is 12.0. The van der Waals surface area contributed by atoms with E-state index in [9.17, 15) is 4.79 Å². The lowest BCUT2D eigenvalue weighted by molar-refractivity contribution is 0.0599. The quantitative estimate of drug-likeness (QED) is 0.510. The van der Waals surface area contributed by atoms with Crippen LogP contribution in [0.25, 0.3) is 0 Å². The summed E-state index contributed by atoms with van der Waals surface area (Å²) in [6, 6.07) is 18.9. The first kappa shape index (κ1) is 20.1. The van der Waals surface area contributed by atoms with Crippen molar-refractivity contribution in [3.8, 4) is 5.75 Å². The van der Waals surface area contributed by atoms with Crippen LogP contribution in [0.15, 0.2) is 67.0 Å². The Morgan fingerprint density at radius 3 is 2.80 bits per heavy atom. The van der Waals surface area contributed by atoms with E-state index in [4.69, 9.17) is 9.47 Å². The Morgan fingerprint density at radius 2 is 2.00 bits per heavy atom. The molecule has 154 valence electrons. The first-order valence-corrected chi connectivity index (χ1v) is 10.5. The van der Waals surface area contributed by atoms with Crippen LogP contribution in [0.1, 0.15) is 64.2 Å². The molecular formula is C26H27NO3. The van der Waals surface area contributed by atoms with Crippen molar-refractivity contribution in [2.45, 2.75) is 38.0 Å². The van der Waals surface area contributed by atoms with E-state index < -0.39 is 0 Å². The number of carbonyl (C=O) groups excluding carboxylic acids is 1. The standard InChI is InChI=1S/C26H27NO3/c1-18(19-6-4-3-5-7-19)21-10-11-23-20(13-15-30-25(23)16-21)8-9-22-17-27-14-12-24(22)26(28)29-2/h3-7,10-12,14,16-18,20H,8-9,13,15H2,1-2H3/t18-,20-/m1/s1. The van der Waals surface area contributed by atoms with Crippen molar-refractivity contribution in [1.82, 2.24) is 4.98 Å². The van der Waals surface area contributed by atoms with Crippen molar-refractivity contribution in [2.24, 2.45) is 0 Å². The Labute approximate surface area is 177 Å². The first-order valence-electron chi connectivity index (χ1n) is 10.5. The van der Waals surface area contributed by atoms with Gasteiger partial charge in [-0.3, -0.25) is 4.98 Å². The maximum Gasteiger partial charge on any atom is 0.338 e. The van der Waals surface area contributed by atoms with E-state index >= 15 is 0 Å². The molecule has 2 atom stereocenters. The summed E-state index contributed by atoms with van der Waals surface area (Å²) in [4.78, 5) is 16.2. The summed E-state index contributed by atoms with van der Waals surface area (Å²) in [7, 11) is 1.41. The number of nitrogens with zero attached hydrogens (tertiary/aromatic N) is 1. The monoisotopic (exact) mass is 401 g/mol. The van der Waals surface area contributed by atoms with Crippen molar-refractivity contribution in [3.05, 3.63) is 94.8 Å². The third kappa shape index (κ3) is 4.23. The van der Waals surface area contributed by atoms with Crippen LogP contribution in [0.4, 0.5) is 0 Å². The molecule has 0 radical (unpaired) electrons. The topological polar surface area (TPSA) is 48.4 Å². The van der Waals surface area contributed by atoms with E-state index in [1.165, 1.54) is 23.8 Å². The van der Waals surface area contributed by atoms with Crippen molar-refractivity contribution in [1.29, 1.82) is 0 Å². The van der Waals surface area contributed by atoms with Crippen LogP contribution in [-0.2, 0) is 11.2 Å². The summed E-state index contributed by atoms with van der Waals surface area (Å²) in [5.41, 5.74) is 5.37. The molecular weight excluding hydrogens is 374 g/mol. The van der Waals surface area contributed by atoms with Gasteiger partial charge < -0.3 is 9.47 Å². The summed E-state index contributed by atoms with van der Waals surface area (Å²) in [6.45, 7) is 2.95. The second kappa shape index (κ2) is 9.12. The van der Waals surface area contributed by atoms with E-state index in [1.54, 1.807) is 18.5 Å². The van der Waals surface area contributed by atoms with Crippen molar-refractivity contribution in [3.63, 3.8) is 0 Å². The number of hydrogen-bond donors (Lipinski definition) is 0. The largest absolute Gasteiger partial charge is 0.493 e. The molecule has 4 rings (SSSR count). The Balaban J connectivity index is 1.52. The minimum atomic E-state index is -0.306. The van der Waals surface area contributed by atoms with E-state index in [0.29, 0.717) is 17.4 Å². The van der Waals surface area contributed by atoms with E-state index in [0.717, 1.165) is 37.2 Å². The van der Waals surface area contributed by atoms with Gasteiger partial charge in [-0.2, -0.15) is 0 Å². The highest BCUT2D eigenvalue weighted by Crippen LogP contribution is 2.39. The van der Waals surface area contributed by atoms with Crippen LogP contribution in [0.5, 0.6) is 5.75 Å². The Hall–Kier alpha value is -3.14. The Kier molecular flexibility index (Phi) is 6.12. The number of carbonyl (C=O) groups is 1. The number of benzene rings is 2. The molecule has 1 aromatic heterocycles. The predicted octanol–water partition coefficient (Wildman–Crippen LogP) is 5.52. The molecule has 0 N–H and O–H groups in total. The molecule has 1 aliphatic rings. The zero-order valence-electron chi connectivity index (χ0n) is 17.5.